The van der Waals surface area contributed by atoms with Gasteiger partial charge in [-0.3, -0.25) is 13.9 Å². The van der Waals surface area contributed by atoms with E-state index >= 15 is 0 Å². The summed E-state index contributed by atoms with van der Waals surface area (Å²) in [5, 5.41) is 3.63. The van der Waals surface area contributed by atoms with Gasteiger partial charge in [0, 0.05) is 22.6 Å². The Bertz CT molecular complexity index is 1200. The molecule has 37 heavy (non-hydrogen) atoms. The molecule has 2 aromatic rings. The lowest BCUT2D eigenvalue weighted by molar-refractivity contribution is -0.140. The van der Waals surface area contributed by atoms with Crippen molar-refractivity contribution in [3.8, 4) is 0 Å². The van der Waals surface area contributed by atoms with Gasteiger partial charge in [0.1, 0.15) is 12.6 Å². The van der Waals surface area contributed by atoms with Crippen LogP contribution >= 0.6 is 23.2 Å². The van der Waals surface area contributed by atoms with E-state index in [4.69, 9.17) is 23.2 Å². The van der Waals surface area contributed by atoms with Crippen molar-refractivity contribution in [2.75, 3.05) is 17.1 Å². The maximum Gasteiger partial charge on any atom is 0.244 e. The summed E-state index contributed by atoms with van der Waals surface area (Å²) in [5.74, 6) is -0.705. The quantitative estimate of drug-likeness (QED) is 0.420. The van der Waals surface area contributed by atoms with E-state index in [0.29, 0.717) is 6.42 Å². The van der Waals surface area contributed by atoms with Crippen molar-refractivity contribution < 1.29 is 18.0 Å². The van der Waals surface area contributed by atoms with Gasteiger partial charge in [-0.25, -0.2) is 8.42 Å². The third-order valence-corrected chi connectivity index (χ3v) is 8.33. The average Bonchev–Trinajstić information content (AvgIpc) is 2.82. The molecule has 7 nitrogen and oxygen atoms in total. The Morgan fingerprint density at radius 1 is 1.05 bits per heavy atom. The van der Waals surface area contributed by atoms with E-state index in [1.165, 1.54) is 23.1 Å². The molecule has 0 radical (unpaired) electrons. The Balaban J connectivity index is 1.94. The third kappa shape index (κ3) is 8.09. The smallest absolute Gasteiger partial charge is 0.244 e. The van der Waals surface area contributed by atoms with Crippen molar-refractivity contribution in [2.45, 2.75) is 71.0 Å². The molecule has 0 bridgehead atoms. The standard InChI is InChI=1S/C27H35Cl2N3O4S/c1-4-25(27(34)30-23-12-6-5-7-13-23)31(17-20-11-9-8-10-19(20)2)26(33)18-32(37(3,35)36)24-15-21(28)14-22(29)16-24/h8-11,14-16,23,25H,4-7,12-13,17-18H2,1-3H3,(H,30,34). The summed E-state index contributed by atoms with van der Waals surface area (Å²) < 4.78 is 26.5. The highest BCUT2D eigenvalue weighted by molar-refractivity contribution is 7.92. The Labute approximate surface area is 230 Å². The van der Waals surface area contributed by atoms with Crippen molar-refractivity contribution in [1.82, 2.24) is 10.2 Å². The number of anilines is 1. The maximum absolute atomic E-state index is 13.8. The summed E-state index contributed by atoms with van der Waals surface area (Å²) >= 11 is 12.2. The molecular weight excluding hydrogens is 533 g/mol. The van der Waals surface area contributed by atoms with Crippen LogP contribution in [0.4, 0.5) is 5.69 Å². The van der Waals surface area contributed by atoms with Crippen molar-refractivity contribution >= 4 is 50.7 Å². The third-order valence-electron chi connectivity index (χ3n) is 6.75. The molecule has 2 aromatic carbocycles. The number of aryl methyl sites for hydroxylation is 1. The Hall–Kier alpha value is -2.29. The second-order valence-electron chi connectivity index (χ2n) is 9.61. The second-order valence-corrected chi connectivity index (χ2v) is 12.4. The van der Waals surface area contributed by atoms with E-state index in [-0.39, 0.29) is 34.2 Å². The normalized spacial score (nSPS) is 15.2. The summed E-state index contributed by atoms with van der Waals surface area (Å²) in [4.78, 5) is 28.8. The molecule has 10 heteroatoms. The van der Waals surface area contributed by atoms with Gasteiger partial charge in [0.15, 0.2) is 0 Å². The van der Waals surface area contributed by atoms with Gasteiger partial charge < -0.3 is 10.2 Å². The van der Waals surface area contributed by atoms with Gasteiger partial charge in [-0.2, -0.15) is 0 Å². The number of sulfonamides is 1. The molecule has 0 aromatic heterocycles. The highest BCUT2D eigenvalue weighted by atomic mass is 35.5. The molecule has 1 atom stereocenters. The summed E-state index contributed by atoms with van der Waals surface area (Å²) in [6.07, 6.45) is 6.55. The molecule has 202 valence electrons. The zero-order valence-corrected chi connectivity index (χ0v) is 23.9. The number of hydrogen-bond acceptors (Lipinski definition) is 4. The van der Waals surface area contributed by atoms with Crippen LogP contribution in [0.25, 0.3) is 0 Å². The van der Waals surface area contributed by atoms with Crippen molar-refractivity contribution in [3.63, 3.8) is 0 Å². The van der Waals surface area contributed by atoms with Crippen LogP contribution in [0.3, 0.4) is 0 Å². The van der Waals surface area contributed by atoms with Crippen LogP contribution in [0, 0.1) is 6.92 Å². The minimum atomic E-state index is -3.87. The molecule has 0 spiro atoms. The number of benzene rings is 2. The topological polar surface area (TPSA) is 86.8 Å². The fourth-order valence-corrected chi connectivity index (χ4v) is 6.08. The molecule has 1 aliphatic carbocycles. The minimum absolute atomic E-state index is 0.0897. The second kappa shape index (κ2) is 13.0. The van der Waals surface area contributed by atoms with Crippen LogP contribution in [0.1, 0.15) is 56.6 Å². The number of amides is 2. The summed E-state index contributed by atoms with van der Waals surface area (Å²) in [6.45, 7) is 3.48. The molecule has 1 N–H and O–H groups in total. The molecule has 1 fully saturated rings. The molecule has 1 aliphatic rings. The zero-order valence-electron chi connectivity index (χ0n) is 21.5. The predicted octanol–water partition coefficient (Wildman–Crippen LogP) is 5.32. The van der Waals surface area contributed by atoms with Crippen LogP contribution in [0.15, 0.2) is 42.5 Å². The van der Waals surface area contributed by atoms with Gasteiger partial charge in [-0.15, -0.1) is 0 Å². The van der Waals surface area contributed by atoms with Gasteiger partial charge in [0.25, 0.3) is 0 Å². The van der Waals surface area contributed by atoms with Crippen molar-refractivity contribution in [3.05, 3.63) is 63.6 Å². The number of rotatable bonds is 10. The number of hydrogen-bond donors (Lipinski definition) is 1. The highest BCUT2D eigenvalue weighted by Crippen LogP contribution is 2.28. The number of carbonyl (C=O) groups is 2. The minimum Gasteiger partial charge on any atom is -0.352 e. The fraction of sp³-hybridized carbons (Fsp3) is 0.481. The lowest BCUT2D eigenvalue weighted by atomic mass is 9.95. The van der Waals surface area contributed by atoms with E-state index < -0.39 is 28.5 Å². The van der Waals surface area contributed by atoms with Gasteiger partial charge in [-0.05, 0) is 55.5 Å². The summed E-state index contributed by atoms with van der Waals surface area (Å²) in [7, 11) is -3.87. The number of carbonyl (C=O) groups excluding carboxylic acids is 2. The summed E-state index contributed by atoms with van der Waals surface area (Å²) in [5.41, 5.74) is 2.05. The lowest BCUT2D eigenvalue weighted by Gasteiger charge is -2.34. The molecule has 1 saturated carbocycles. The first kappa shape index (κ1) is 29.3. The molecule has 3 rings (SSSR count). The molecule has 0 heterocycles. The maximum atomic E-state index is 13.8. The molecule has 0 aliphatic heterocycles. The number of nitrogens with one attached hydrogen (secondary N) is 1. The van der Waals surface area contributed by atoms with Crippen LogP contribution in [-0.2, 0) is 26.2 Å². The predicted molar refractivity (Wildman–Crippen MR) is 149 cm³/mol. The number of halogens is 2. The van der Waals surface area contributed by atoms with Crippen LogP contribution in [-0.4, -0.2) is 50.0 Å². The Kier molecular flexibility index (Phi) is 10.3. The van der Waals surface area contributed by atoms with Gasteiger partial charge in [0.2, 0.25) is 21.8 Å². The molecule has 1 unspecified atom stereocenters. The van der Waals surface area contributed by atoms with Crippen molar-refractivity contribution in [2.24, 2.45) is 0 Å². The first-order valence-electron chi connectivity index (χ1n) is 12.6. The van der Waals surface area contributed by atoms with Crippen LogP contribution in [0.2, 0.25) is 10.0 Å². The number of nitrogens with zero attached hydrogens (tertiary/aromatic N) is 2. The van der Waals surface area contributed by atoms with E-state index in [0.717, 1.165) is 53.8 Å². The van der Waals surface area contributed by atoms with Gasteiger partial charge in [0.05, 0.1) is 11.9 Å². The van der Waals surface area contributed by atoms with Gasteiger partial charge in [-0.1, -0.05) is 73.7 Å². The average molecular weight is 569 g/mol. The monoisotopic (exact) mass is 567 g/mol. The lowest BCUT2D eigenvalue weighted by Crippen LogP contribution is -2.54. The SMILES string of the molecule is CCC(C(=O)NC1CCCCC1)N(Cc1ccccc1C)C(=O)CN(c1cc(Cl)cc(Cl)c1)S(C)(=O)=O. The van der Waals surface area contributed by atoms with Crippen LogP contribution in [0.5, 0.6) is 0 Å². The Morgan fingerprint density at radius 3 is 2.24 bits per heavy atom. The van der Waals surface area contributed by atoms with E-state index in [9.17, 15) is 18.0 Å². The molecular formula is C27H35Cl2N3O4S. The molecule has 2 amide bonds. The first-order chi connectivity index (χ1) is 17.5. The first-order valence-corrected chi connectivity index (χ1v) is 15.2. The van der Waals surface area contributed by atoms with E-state index in [1.54, 1.807) is 0 Å². The molecule has 0 saturated heterocycles. The zero-order chi connectivity index (χ0) is 27.2. The van der Waals surface area contributed by atoms with Crippen molar-refractivity contribution in [1.29, 1.82) is 0 Å². The van der Waals surface area contributed by atoms with Crippen LogP contribution < -0.4 is 9.62 Å². The fourth-order valence-electron chi connectivity index (χ4n) is 4.73. The highest BCUT2D eigenvalue weighted by Gasteiger charge is 2.33. The summed E-state index contributed by atoms with van der Waals surface area (Å²) in [6, 6.07) is 11.4. The van der Waals surface area contributed by atoms with Gasteiger partial charge >= 0.3 is 0 Å². The van der Waals surface area contributed by atoms with E-state index in [1.807, 2.05) is 38.1 Å². The largest absolute Gasteiger partial charge is 0.352 e. The van der Waals surface area contributed by atoms with E-state index in [2.05, 4.69) is 5.32 Å². The Morgan fingerprint density at radius 2 is 1.68 bits per heavy atom.